The first-order valence-corrected chi connectivity index (χ1v) is 11.3. The number of nitrogens with two attached hydrogens (primary N) is 1. The quantitative estimate of drug-likeness (QED) is 0.500. The summed E-state index contributed by atoms with van der Waals surface area (Å²) in [6.07, 6.45) is 1.76. The van der Waals surface area contributed by atoms with Crippen LogP contribution in [-0.2, 0) is 6.54 Å². The van der Waals surface area contributed by atoms with Gasteiger partial charge in [-0.1, -0.05) is 12.1 Å². The highest BCUT2D eigenvalue weighted by molar-refractivity contribution is 7.13. The summed E-state index contributed by atoms with van der Waals surface area (Å²) >= 11 is 1.52. The van der Waals surface area contributed by atoms with Gasteiger partial charge in [0, 0.05) is 24.0 Å². The van der Waals surface area contributed by atoms with Crippen molar-refractivity contribution in [2.75, 3.05) is 31.2 Å². The lowest BCUT2D eigenvalue weighted by Crippen LogP contribution is -2.44. The van der Waals surface area contributed by atoms with Crippen molar-refractivity contribution in [3.05, 3.63) is 52.0 Å². The fourth-order valence-corrected chi connectivity index (χ4v) is 4.45. The highest BCUT2D eigenvalue weighted by Crippen LogP contribution is 2.26. The van der Waals surface area contributed by atoms with Gasteiger partial charge in [-0.25, -0.2) is 0 Å². The monoisotopic (exact) mass is 453 g/mol. The Morgan fingerprint density at radius 2 is 1.97 bits per heavy atom. The third kappa shape index (κ3) is 5.51. The zero-order valence-electron chi connectivity index (χ0n) is 18.2. The van der Waals surface area contributed by atoms with Crippen LogP contribution >= 0.6 is 11.3 Å². The summed E-state index contributed by atoms with van der Waals surface area (Å²) in [6.45, 7) is 4.26. The van der Waals surface area contributed by atoms with Crippen molar-refractivity contribution < 1.29 is 9.53 Å². The Kier molecular flexibility index (Phi) is 6.81. The van der Waals surface area contributed by atoms with Crippen molar-refractivity contribution in [3.8, 4) is 5.75 Å². The molecule has 0 bridgehead atoms. The molecule has 0 aliphatic carbocycles. The van der Waals surface area contributed by atoms with Crippen LogP contribution in [0.3, 0.4) is 0 Å². The molecule has 0 saturated carbocycles. The molecule has 1 fully saturated rings. The number of hydrogen-bond acceptors (Lipinski definition) is 9. The van der Waals surface area contributed by atoms with E-state index in [1.807, 2.05) is 43.3 Å². The summed E-state index contributed by atoms with van der Waals surface area (Å²) in [7, 11) is 1.61. The number of anilines is 3. The van der Waals surface area contributed by atoms with Crippen LogP contribution in [0.5, 0.6) is 5.75 Å². The van der Waals surface area contributed by atoms with Crippen molar-refractivity contribution in [2.45, 2.75) is 32.4 Å². The van der Waals surface area contributed by atoms with Crippen molar-refractivity contribution in [1.82, 2.24) is 25.2 Å². The molecule has 1 saturated heterocycles. The smallest absolute Gasteiger partial charge is 0.261 e. The number of piperidine rings is 1. The van der Waals surface area contributed by atoms with Crippen LogP contribution in [0, 0.1) is 6.92 Å². The minimum Gasteiger partial charge on any atom is -0.495 e. The van der Waals surface area contributed by atoms with Crippen LogP contribution in [0.25, 0.3) is 0 Å². The first-order chi connectivity index (χ1) is 15.5. The van der Waals surface area contributed by atoms with E-state index in [4.69, 9.17) is 10.5 Å². The molecule has 0 spiro atoms. The highest BCUT2D eigenvalue weighted by Gasteiger charge is 2.22. The molecule has 0 atom stereocenters. The number of aromatic nitrogens is 3. The number of carbonyl (C=O) groups excluding carboxylic acids is 1. The summed E-state index contributed by atoms with van der Waals surface area (Å²) in [5.74, 6) is 1.85. The molecule has 3 aromatic rings. The van der Waals surface area contributed by atoms with E-state index >= 15 is 0 Å². The number of carbonyl (C=O) groups is 1. The first-order valence-electron chi connectivity index (χ1n) is 10.5. The van der Waals surface area contributed by atoms with Crippen molar-refractivity contribution in [1.29, 1.82) is 0 Å². The molecule has 9 nitrogen and oxygen atoms in total. The molecule has 0 unspecified atom stereocenters. The number of nitrogens with one attached hydrogen (secondary N) is 2. The minimum absolute atomic E-state index is 0.0128. The predicted octanol–water partition coefficient (Wildman–Crippen LogP) is 2.97. The molecule has 4 N–H and O–H groups in total. The van der Waals surface area contributed by atoms with E-state index in [1.54, 1.807) is 7.11 Å². The Balaban J connectivity index is 1.33. The molecule has 4 rings (SSSR count). The van der Waals surface area contributed by atoms with Gasteiger partial charge in [0.05, 0.1) is 24.2 Å². The van der Waals surface area contributed by atoms with E-state index in [1.165, 1.54) is 11.3 Å². The summed E-state index contributed by atoms with van der Waals surface area (Å²) in [5, 5.41) is 6.31. The largest absolute Gasteiger partial charge is 0.495 e. The van der Waals surface area contributed by atoms with Crippen LogP contribution < -0.4 is 21.1 Å². The van der Waals surface area contributed by atoms with Gasteiger partial charge in [0.15, 0.2) is 0 Å². The molecule has 32 heavy (non-hydrogen) atoms. The molecular weight excluding hydrogens is 426 g/mol. The normalized spacial score (nSPS) is 14.8. The second-order valence-corrected chi connectivity index (χ2v) is 8.98. The van der Waals surface area contributed by atoms with Crippen molar-refractivity contribution >= 4 is 34.8 Å². The lowest BCUT2D eigenvalue weighted by Gasteiger charge is -2.31. The highest BCUT2D eigenvalue weighted by atomic mass is 32.1. The third-order valence-corrected chi connectivity index (χ3v) is 6.30. The number of aryl methyl sites for hydroxylation is 1. The lowest BCUT2D eigenvalue weighted by atomic mass is 10.0. The van der Waals surface area contributed by atoms with E-state index in [9.17, 15) is 4.79 Å². The molecule has 1 aliphatic heterocycles. The standard InChI is InChI=1S/C22H27N7O2S/c1-14-7-8-18(32-14)20(30)24-15-9-11-29(12-10-15)13-19-26-21(23)28-22(27-19)25-16-5-3-4-6-17(16)31-2/h3-8,15H,9-13H2,1-2H3,(H,24,30)(H3,23,25,26,27,28). The molecular formula is C22H27N7O2S. The lowest BCUT2D eigenvalue weighted by molar-refractivity contribution is 0.0912. The predicted molar refractivity (Wildman–Crippen MR) is 125 cm³/mol. The molecule has 3 heterocycles. The number of para-hydroxylation sites is 2. The van der Waals surface area contributed by atoms with E-state index in [0.717, 1.165) is 41.4 Å². The van der Waals surface area contributed by atoms with Gasteiger partial charge in [-0.2, -0.15) is 15.0 Å². The summed E-state index contributed by atoms with van der Waals surface area (Å²) in [5.41, 5.74) is 6.68. The fraction of sp³-hybridized carbons (Fsp3) is 0.364. The zero-order valence-corrected chi connectivity index (χ0v) is 19.0. The molecule has 168 valence electrons. The Labute approximate surface area is 191 Å². The SMILES string of the molecule is COc1ccccc1Nc1nc(N)nc(CN2CCC(NC(=O)c3ccc(C)s3)CC2)n1. The summed E-state index contributed by atoms with van der Waals surface area (Å²) in [6, 6.07) is 11.6. The van der Waals surface area contributed by atoms with Gasteiger partial charge in [-0.15, -0.1) is 11.3 Å². The van der Waals surface area contributed by atoms with Crippen LogP contribution in [0.1, 0.15) is 33.2 Å². The first kappa shape index (κ1) is 22.0. The van der Waals surface area contributed by atoms with E-state index in [-0.39, 0.29) is 17.9 Å². The molecule has 1 aromatic carbocycles. The maximum atomic E-state index is 12.4. The molecule has 2 aromatic heterocycles. The minimum atomic E-state index is 0.0128. The number of nitrogen functional groups attached to an aromatic ring is 1. The number of benzene rings is 1. The number of nitrogens with zero attached hydrogens (tertiary/aromatic N) is 4. The number of rotatable bonds is 7. The van der Waals surface area contributed by atoms with E-state index < -0.39 is 0 Å². The van der Waals surface area contributed by atoms with Crippen molar-refractivity contribution in [2.24, 2.45) is 0 Å². The van der Waals surface area contributed by atoms with Gasteiger partial charge < -0.3 is 21.1 Å². The maximum Gasteiger partial charge on any atom is 0.261 e. The topological polar surface area (TPSA) is 118 Å². The van der Waals surface area contributed by atoms with E-state index in [2.05, 4.69) is 30.5 Å². The number of hydrogen-bond donors (Lipinski definition) is 3. The van der Waals surface area contributed by atoms with Crippen LogP contribution in [-0.4, -0.2) is 52.0 Å². The van der Waals surface area contributed by atoms with Gasteiger partial charge in [0.2, 0.25) is 11.9 Å². The van der Waals surface area contributed by atoms with Gasteiger partial charge in [-0.3, -0.25) is 9.69 Å². The van der Waals surface area contributed by atoms with Gasteiger partial charge in [0.25, 0.3) is 5.91 Å². The summed E-state index contributed by atoms with van der Waals surface area (Å²) < 4.78 is 5.36. The van der Waals surface area contributed by atoms with Crippen LogP contribution in [0.2, 0.25) is 0 Å². The number of methoxy groups -OCH3 is 1. The Bertz CT molecular complexity index is 1080. The van der Waals surface area contributed by atoms with Gasteiger partial charge in [0.1, 0.15) is 11.6 Å². The van der Waals surface area contributed by atoms with Crippen LogP contribution in [0.15, 0.2) is 36.4 Å². The zero-order chi connectivity index (χ0) is 22.5. The second kappa shape index (κ2) is 9.92. The number of likely N-dealkylation sites (tertiary alicyclic amines) is 1. The average molecular weight is 454 g/mol. The summed E-state index contributed by atoms with van der Waals surface area (Å²) in [4.78, 5) is 29.6. The molecule has 10 heteroatoms. The number of thiophene rings is 1. The number of amides is 1. The Hall–Kier alpha value is -3.24. The molecule has 0 radical (unpaired) electrons. The van der Waals surface area contributed by atoms with Gasteiger partial charge >= 0.3 is 0 Å². The van der Waals surface area contributed by atoms with Crippen LogP contribution in [0.4, 0.5) is 17.6 Å². The average Bonchev–Trinajstić information content (AvgIpc) is 3.21. The van der Waals surface area contributed by atoms with Crippen molar-refractivity contribution in [3.63, 3.8) is 0 Å². The van der Waals surface area contributed by atoms with E-state index in [0.29, 0.717) is 24.1 Å². The Morgan fingerprint density at radius 1 is 1.19 bits per heavy atom. The molecule has 1 aliphatic rings. The maximum absolute atomic E-state index is 12.4. The Morgan fingerprint density at radius 3 is 2.69 bits per heavy atom. The molecule has 1 amide bonds. The third-order valence-electron chi connectivity index (χ3n) is 5.30. The number of ether oxygens (including phenoxy) is 1. The van der Waals surface area contributed by atoms with Gasteiger partial charge in [-0.05, 0) is 44.0 Å². The second-order valence-electron chi connectivity index (χ2n) is 7.69. The fourth-order valence-electron chi connectivity index (χ4n) is 3.68.